The van der Waals surface area contributed by atoms with Crippen LogP contribution in [0.3, 0.4) is 0 Å². The van der Waals surface area contributed by atoms with Crippen LogP contribution in [0.1, 0.15) is 16.1 Å². The normalized spacial score (nSPS) is 10.8. The molecule has 0 bridgehead atoms. The van der Waals surface area contributed by atoms with Crippen LogP contribution in [-0.2, 0) is 0 Å². The Morgan fingerprint density at radius 3 is 2.43 bits per heavy atom. The number of carbonyl (C=O) groups is 1. The second kappa shape index (κ2) is 6.62. The van der Waals surface area contributed by atoms with Gasteiger partial charge in [-0.15, -0.1) is 0 Å². The quantitative estimate of drug-likeness (QED) is 0.559. The Balaban J connectivity index is 1.72. The van der Waals surface area contributed by atoms with Crippen LogP contribution >= 0.6 is 0 Å². The van der Waals surface area contributed by atoms with Gasteiger partial charge in [0.25, 0.3) is 0 Å². The van der Waals surface area contributed by atoms with E-state index in [-0.39, 0.29) is 5.56 Å². The zero-order valence-corrected chi connectivity index (χ0v) is 12.3. The fraction of sp³-hybridized carbons (Fsp3) is 0. The molecule has 0 radical (unpaired) electrons. The molecule has 0 amide bonds. The number of carboxylic acid groups (broad SMARTS) is 1. The lowest BCUT2D eigenvalue weighted by Crippen LogP contribution is -1.99. The van der Waals surface area contributed by atoms with Gasteiger partial charge in [-0.05, 0) is 48.5 Å². The van der Waals surface area contributed by atoms with Crippen LogP contribution in [0.15, 0.2) is 78.0 Å². The Morgan fingerprint density at radius 2 is 1.74 bits per heavy atom. The van der Waals surface area contributed by atoms with Crippen molar-refractivity contribution in [3.8, 4) is 5.69 Å². The average molecular weight is 305 g/mol. The summed E-state index contributed by atoms with van der Waals surface area (Å²) in [5, 5.41) is 13.1. The predicted molar refractivity (Wildman–Crippen MR) is 90.4 cm³/mol. The van der Waals surface area contributed by atoms with E-state index in [0.717, 1.165) is 17.1 Å². The first-order chi connectivity index (χ1) is 11.2. The summed E-state index contributed by atoms with van der Waals surface area (Å²) in [5.41, 5.74) is 5.86. The Labute approximate surface area is 133 Å². The molecular formula is C18H15N3O2. The van der Waals surface area contributed by atoms with Gasteiger partial charge < -0.3 is 9.67 Å². The Hall–Kier alpha value is -3.34. The highest BCUT2D eigenvalue weighted by atomic mass is 16.4. The molecule has 1 heterocycles. The van der Waals surface area contributed by atoms with Crippen LogP contribution in [0.5, 0.6) is 0 Å². The Bertz CT molecular complexity index is 821. The van der Waals surface area contributed by atoms with Crippen molar-refractivity contribution in [2.45, 2.75) is 0 Å². The number of hydrazone groups is 1. The number of hydrogen-bond acceptors (Lipinski definition) is 3. The van der Waals surface area contributed by atoms with Gasteiger partial charge in [0.05, 0.1) is 23.2 Å². The van der Waals surface area contributed by atoms with E-state index in [1.54, 1.807) is 18.3 Å². The zero-order valence-electron chi connectivity index (χ0n) is 12.3. The number of benzene rings is 2. The smallest absolute Gasteiger partial charge is 0.335 e. The average Bonchev–Trinajstić information content (AvgIpc) is 3.05. The number of aromatic carboxylic acids is 1. The maximum absolute atomic E-state index is 10.8. The van der Waals surface area contributed by atoms with Gasteiger partial charge in [-0.1, -0.05) is 18.2 Å². The molecule has 1 aromatic heterocycles. The van der Waals surface area contributed by atoms with Crippen molar-refractivity contribution < 1.29 is 9.90 Å². The summed E-state index contributed by atoms with van der Waals surface area (Å²) in [6.07, 6.45) is 3.69. The van der Waals surface area contributed by atoms with Gasteiger partial charge in [-0.25, -0.2) is 4.79 Å². The third-order valence-electron chi connectivity index (χ3n) is 3.34. The molecule has 3 aromatic rings. The van der Waals surface area contributed by atoms with Crippen LogP contribution < -0.4 is 5.43 Å². The van der Waals surface area contributed by atoms with Crippen molar-refractivity contribution in [1.82, 2.24) is 4.57 Å². The van der Waals surface area contributed by atoms with Gasteiger partial charge in [0, 0.05) is 11.9 Å². The number of aromatic nitrogens is 1. The lowest BCUT2D eigenvalue weighted by atomic mass is 10.2. The van der Waals surface area contributed by atoms with E-state index in [2.05, 4.69) is 10.5 Å². The molecule has 2 aromatic carbocycles. The van der Waals surface area contributed by atoms with Crippen LogP contribution in [0.2, 0.25) is 0 Å². The molecule has 0 aliphatic carbocycles. The molecule has 5 nitrogen and oxygen atoms in total. The van der Waals surface area contributed by atoms with Gasteiger partial charge in [0.1, 0.15) is 0 Å². The standard InChI is InChI=1S/C18H15N3O2/c22-18(23)14-8-10-15(11-9-14)20-19-13-17-7-4-12-21(17)16-5-2-1-3-6-16/h1-13,20H,(H,22,23)/b19-13+. The van der Waals surface area contributed by atoms with Crippen molar-refractivity contribution >= 4 is 17.9 Å². The fourth-order valence-corrected chi connectivity index (χ4v) is 2.18. The minimum atomic E-state index is -0.944. The maximum Gasteiger partial charge on any atom is 0.335 e. The molecule has 0 atom stereocenters. The summed E-state index contributed by atoms with van der Waals surface area (Å²) in [6.45, 7) is 0. The molecule has 0 aliphatic rings. The molecule has 0 saturated carbocycles. The van der Waals surface area contributed by atoms with E-state index in [0.29, 0.717) is 0 Å². The summed E-state index contributed by atoms with van der Waals surface area (Å²) in [7, 11) is 0. The first kappa shape index (κ1) is 14.6. The summed E-state index contributed by atoms with van der Waals surface area (Å²) >= 11 is 0. The molecule has 2 N–H and O–H groups in total. The van der Waals surface area contributed by atoms with Gasteiger partial charge in [0.15, 0.2) is 0 Å². The molecule has 114 valence electrons. The topological polar surface area (TPSA) is 66.6 Å². The number of hydrogen-bond donors (Lipinski definition) is 2. The van der Waals surface area contributed by atoms with E-state index >= 15 is 0 Å². The molecular weight excluding hydrogens is 290 g/mol. The van der Waals surface area contributed by atoms with Crippen molar-refractivity contribution in [3.05, 3.63) is 84.2 Å². The minimum absolute atomic E-state index is 0.248. The number of anilines is 1. The first-order valence-corrected chi connectivity index (χ1v) is 7.09. The predicted octanol–water partition coefficient (Wildman–Crippen LogP) is 3.62. The number of para-hydroxylation sites is 1. The number of rotatable bonds is 5. The van der Waals surface area contributed by atoms with Crippen molar-refractivity contribution in [1.29, 1.82) is 0 Å². The monoisotopic (exact) mass is 305 g/mol. The molecule has 3 rings (SSSR count). The van der Waals surface area contributed by atoms with E-state index in [9.17, 15) is 4.79 Å². The second-order valence-corrected chi connectivity index (χ2v) is 4.89. The lowest BCUT2D eigenvalue weighted by Gasteiger charge is -2.05. The number of carboxylic acids is 1. The summed E-state index contributed by atoms with van der Waals surface area (Å²) < 4.78 is 2.03. The Morgan fingerprint density at radius 1 is 1.00 bits per heavy atom. The second-order valence-electron chi connectivity index (χ2n) is 4.89. The summed E-state index contributed by atoms with van der Waals surface area (Å²) in [6, 6.07) is 20.3. The molecule has 5 heteroatoms. The zero-order chi connectivity index (χ0) is 16.1. The summed E-state index contributed by atoms with van der Waals surface area (Å²) in [5.74, 6) is -0.944. The molecule has 0 spiro atoms. The van der Waals surface area contributed by atoms with E-state index < -0.39 is 5.97 Å². The highest BCUT2D eigenvalue weighted by Gasteiger charge is 2.02. The van der Waals surface area contributed by atoms with Gasteiger partial charge in [-0.2, -0.15) is 5.10 Å². The maximum atomic E-state index is 10.8. The SMILES string of the molecule is O=C(O)c1ccc(N/N=C/c2cccn2-c2ccccc2)cc1. The molecule has 0 fully saturated rings. The van der Waals surface area contributed by atoms with Crippen molar-refractivity contribution in [3.63, 3.8) is 0 Å². The first-order valence-electron chi connectivity index (χ1n) is 7.09. The van der Waals surface area contributed by atoms with Crippen LogP contribution in [0, 0.1) is 0 Å². The molecule has 0 saturated heterocycles. The van der Waals surface area contributed by atoms with Gasteiger partial charge in [-0.3, -0.25) is 5.43 Å². The van der Waals surface area contributed by atoms with Gasteiger partial charge >= 0.3 is 5.97 Å². The molecule has 23 heavy (non-hydrogen) atoms. The van der Waals surface area contributed by atoms with Crippen LogP contribution in [0.25, 0.3) is 5.69 Å². The van der Waals surface area contributed by atoms with Gasteiger partial charge in [0.2, 0.25) is 0 Å². The lowest BCUT2D eigenvalue weighted by molar-refractivity contribution is 0.0697. The third kappa shape index (κ3) is 3.47. The fourth-order valence-electron chi connectivity index (χ4n) is 2.18. The van der Waals surface area contributed by atoms with E-state index in [1.807, 2.05) is 53.2 Å². The Kier molecular flexibility index (Phi) is 4.20. The highest BCUT2D eigenvalue weighted by Crippen LogP contribution is 2.12. The number of nitrogens with zero attached hydrogens (tertiary/aromatic N) is 2. The number of nitrogens with one attached hydrogen (secondary N) is 1. The minimum Gasteiger partial charge on any atom is -0.478 e. The van der Waals surface area contributed by atoms with Crippen molar-refractivity contribution in [2.24, 2.45) is 5.10 Å². The van der Waals surface area contributed by atoms with E-state index in [1.165, 1.54) is 12.1 Å². The van der Waals surface area contributed by atoms with Crippen LogP contribution in [0.4, 0.5) is 5.69 Å². The highest BCUT2D eigenvalue weighted by molar-refractivity contribution is 5.88. The van der Waals surface area contributed by atoms with Crippen molar-refractivity contribution in [2.75, 3.05) is 5.43 Å². The van der Waals surface area contributed by atoms with Crippen LogP contribution in [-0.4, -0.2) is 21.9 Å². The molecule has 0 unspecified atom stereocenters. The summed E-state index contributed by atoms with van der Waals surface area (Å²) in [4.78, 5) is 10.8. The third-order valence-corrected chi connectivity index (χ3v) is 3.34. The largest absolute Gasteiger partial charge is 0.478 e. The molecule has 0 aliphatic heterocycles. The van der Waals surface area contributed by atoms with E-state index in [4.69, 9.17) is 5.11 Å².